The monoisotopic (exact) mass is 369 g/mol. The van der Waals surface area contributed by atoms with Crippen molar-refractivity contribution >= 4 is 5.96 Å². The van der Waals surface area contributed by atoms with Crippen LogP contribution < -0.4 is 5.32 Å². The molecule has 0 aliphatic rings. The lowest BCUT2D eigenvalue weighted by molar-refractivity contribution is 0.0453. The summed E-state index contributed by atoms with van der Waals surface area (Å²) in [5, 5.41) is 3.41. The second-order valence-corrected chi connectivity index (χ2v) is 6.44. The molecule has 2 rings (SSSR count). The number of benzene rings is 2. The fourth-order valence-corrected chi connectivity index (χ4v) is 2.57. The van der Waals surface area contributed by atoms with Gasteiger partial charge in [-0.2, -0.15) is 0 Å². The number of aliphatic imine (C=N–C) groups is 1. The number of guanidine groups is 1. The molecular weight excluding hydrogens is 338 g/mol. The molecule has 0 aliphatic heterocycles. The highest BCUT2D eigenvalue weighted by molar-refractivity contribution is 5.79. The van der Waals surface area contributed by atoms with Crippen LogP contribution in [-0.2, 0) is 29.2 Å². The minimum atomic E-state index is 0.595. The summed E-state index contributed by atoms with van der Waals surface area (Å²) >= 11 is 0. The summed E-state index contributed by atoms with van der Waals surface area (Å²) in [6.07, 6.45) is 0. The third-order valence-electron chi connectivity index (χ3n) is 3.96. The van der Waals surface area contributed by atoms with Crippen LogP contribution in [0.1, 0.15) is 23.6 Å². The van der Waals surface area contributed by atoms with Gasteiger partial charge in [0.1, 0.15) is 0 Å². The summed E-state index contributed by atoms with van der Waals surface area (Å²) in [5.41, 5.74) is 3.56. The normalized spacial score (nSPS) is 11.4. The number of rotatable bonds is 10. The second-order valence-electron chi connectivity index (χ2n) is 6.44. The zero-order valence-electron chi connectivity index (χ0n) is 16.6. The van der Waals surface area contributed by atoms with E-state index in [1.54, 1.807) is 0 Å². The van der Waals surface area contributed by atoms with Crippen LogP contribution in [0.5, 0.6) is 0 Å². The molecule has 0 heterocycles. The SMILES string of the molecule is CCOCCOCc1cccc(CN=C(NCc2ccccc2)N(C)C)c1. The first-order valence-electron chi connectivity index (χ1n) is 9.42. The molecule has 0 spiro atoms. The Morgan fingerprint density at radius 3 is 2.37 bits per heavy atom. The zero-order valence-corrected chi connectivity index (χ0v) is 16.6. The summed E-state index contributed by atoms with van der Waals surface area (Å²) in [5.74, 6) is 0.872. The van der Waals surface area contributed by atoms with Gasteiger partial charge in [0.15, 0.2) is 5.96 Å². The van der Waals surface area contributed by atoms with E-state index in [9.17, 15) is 0 Å². The topological polar surface area (TPSA) is 46.1 Å². The van der Waals surface area contributed by atoms with E-state index in [0.29, 0.717) is 26.4 Å². The second kappa shape index (κ2) is 12.1. The van der Waals surface area contributed by atoms with E-state index in [1.165, 1.54) is 11.1 Å². The van der Waals surface area contributed by atoms with E-state index in [0.717, 1.165) is 24.7 Å². The quantitative estimate of drug-likeness (QED) is 0.396. The molecule has 5 heteroatoms. The highest BCUT2D eigenvalue weighted by Gasteiger charge is 2.03. The number of nitrogens with zero attached hydrogens (tertiary/aromatic N) is 2. The lowest BCUT2D eigenvalue weighted by Gasteiger charge is -2.18. The molecule has 2 aromatic rings. The van der Waals surface area contributed by atoms with Gasteiger partial charge in [0.05, 0.1) is 26.4 Å². The van der Waals surface area contributed by atoms with Gasteiger partial charge in [-0.25, -0.2) is 4.99 Å². The molecule has 2 aromatic carbocycles. The van der Waals surface area contributed by atoms with E-state index in [-0.39, 0.29) is 0 Å². The Morgan fingerprint density at radius 1 is 0.926 bits per heavy atom. The van der Waals surface area contributed by atoms with Crippen LogP contribution in [0, 0.1) is 0 Å². The van der Waals surface area contributed by atoms with Crippen LogP contribution in [0.25, 0.3) is 0 Å². The molecule has 0 aliphatic carbocycles. The Labute approximate surface area is 163 Å². The fourth-order valence-electron chi connectivity index (χ4n) is 2.57. The molecular formula is C22H31N3O2. The molecule has 1 N–H and O–H groups in total. The van der Waals surface area contributed by atoms with E-state index in [4.69, 9.17) is 14.5 Å². The predicted octanol–water partition coefficient (Wildman–Crippen LogP) is 3.45. The van der Waals surface area contributed by atoms with Gasteiger partial charge >= 0.3 is 0 Å². The Morgan fingerprint density at radius 2 is 1.63 bits per heavy atom. The maximum atomic E-state index is 5.65. The number of hydrogen-bond acceptors (Lipinski definition) is 3. The predicted molar refractivity (Wildman–Crippen MR) is 111 cm³/mol. The lowest BCUT2D eigenvalue weighted by Crippen LogP contribution is -2.36. The van der Waals surface area contributed by atoms with Crippen molar-refractivity contribution in [1.29, 1.82) is 0 Å². The van der Waals surface area contributed by atoms with Gasteiger partial charge < -0.3 is 19.7 Å². The van der Waals surface area contributed by atoms with Gasteiger partial charge in [-0.3, -0.25) is 0 Å². The van der Waals surface area contributed by atoms with Crippen molar-refractivity contribution in [2.24, 2.45) is 4.99 Å². The molecule has 0 amide bonds. The zero-order chi connectivity index (χ0) is 19.3. The van der Waals surface area contributed by atoms with Crippen LogP contribution in [0.4, 0.5) is 0 Å². The minimum absolute atomic E-state index is 0.595. The van der Waals surface area contributed by atoms with E-state index in [2.05, 4.69) is 41.7 Å². The van der Waals surface area contributed by atoms with Crippen LogP contribution in [0.2, 0.25) is 0 Å². The van der Waals surface area contributed by atoms with Gasteiger partial charge in [-0.15, -0.1) is 0 Å². The third-order valence-corrected chi connectivity index (χ3v) is 3.96. The maximum Gasteiger partial charge on any atom is 0.194 e. The molecule has 0 aromatic heterocycles. The Balaban J connectivity index is 1.88. The molecule has 0 saturated carbocycles. The molecule has 27 heavy (non-hydrogen) atoms. The fraction of sp³-hybridized carbons (Fsp3) is 0.409. The first-order valence-corrected chi connectivity index (χ1v) is 9.42. The summed E-state index contributed by atoms with van der Waals surface area (Å²) in [6, 6.07) is 18.7. The smallest absolute Gasteiger partial charge is 0.194 e. The van der Waals surface area contributed by atoms with Gasteiger partial charge in [-0.05, 0) is 23.6 Å². The molecule has 0 radical (unpaired) electrons. The largest absolute Gasteiger partial charge is 0.379 e. The van der Waals surface area contributed by atoms with Crippen LogP contribution in [-0.4, -0.2) is 44.8 Å². The van der Waals surface area contributed by atoms with Crippen LogP contribution in [0.15, 0.2) is 59.6 Å². The average Bonchev–Trinajstić information content (AvgIpc) is 2.68. The van der Waals surface area contributed by atoms with Gasteiger partial charge in [0.25, 0.3) is 0 Å². The molecule has 0 saturated heterocycles. The number of ether oxygens (including phenoxy) is 2. The first kappa shape index (κ1) is 20.9. The summed E-state index contributed by atoms with van der Waals surface area (Å²) < 4.78 is 10.9. The van der Waals surface area contributed by atoms with Crippen LogP contribution >= 0.6 is 0 Å². The molecule has 0 atom stereocenters. The minimum Gasteiger partial charge on any atom is -0.379 e. The van der Waals surface area contributed by atoms with Crippen molar-refractivity contribution in [2.75, 3.05) is 33.9 Å². The van der Waals surface area contributed by atoms with E-state index < -0.39 is 0 Å². The van der Waals surface area contributed by atoms with Crippen molar-refractivity contribution in [2.45, 2.75) is 26.6 Å². The number of hydrogen-bond donors (Lipinski definition) is 1. The molecule has 0 unspecified atom stereocenters. The third kappa shape index (κ3) is 8.24. The summed E-state index contributed by atoms with van der Waals surface area (Å²) in [6.45, 7) is 5.94. The van der Waals surface area contributed by atoms with Crippen molar-refractivity contribution < 1.29 is 9.47 Å². The van der Waals surface area contributed by atoms with Gasteiger partial charge in [-0.1, -0.05) is 54.6 Å². The van der Waals surface area contributed by atoms with Gasteiger partial charge in [0.2, 0.25) is 0 Å². The molecule has 0 bridgehead atoms. The molecule has 146 valence electrons. The first-order chi connectivity index (χ1) is 13.2. The van der Waals surface area contributed by atoms with Crippen molar-refractivity contribution in [3.8, 4) is 0 Å². The van der Waals surface area contributed by atoms with Crippen molar-refractivity contribution in [3.63, 3.8) is 0 Å². The average molecular weight is 370 g/mol. The van der Waals surface area contributed by atoms with E-state index in [1.807, 2.05) is 44.1 Å². The molecule has 0 fully saturated rings. The van der Waals surface area contributed by atoms with E-state index >= 15 is 0 Å². The van der Waals surface area contributed by atoms with Crippen molar-refractivity contribution in [1.82, 2.24) is 10.2 Å². The highest BCUT2D eigenvalue weighted by Crippen LogP contribution is 2.08. The Bertz CT molecular complexity index is 687. The molecule has 5 nitrogen and oxygen atoms in total. The summed E-state index contributed by atoms with van der Waals surface area (Å²) in [7, 11) is 4.00. The number of nitrogens with one attached hydrogen (secondary N) is 1. The Kier molecular flexibility index (Phi) is 9.38. The maximum absolute atomic E-state index is 5.65. The van der Waals surface area contributed by atoms with Gasteiger partial charge in [0, 0.05) is 27.2 Å². The summed E-state index contributed by atoms with van der Waals surface area (Å²) in [4.78, 5) is 6.74. The Hall–Kier alpha value is -2.37. The highest BCUT2D eigenvalue weighted by atomic mass is 16.5. The van der Waals surface area contributed by atoms with Crippen molar-refractivity contribution in [3.05, 3.63) is 71.3 Å². The lowest BCUT2D eigenvalue weighted by atomic mass is 10.1. The standard InChI is InChI=1S/C22H31N3O2/c1-4-26-13-14-27-18-21-12-8-11-20(15-21)17-24-22(25(2)3)23-16-19-9-6-5-7-10-19/h5-12,15H,4,13-14,16-18H2,1-3H3,(H,23,24). The van der Waals surface area contributed by atoms with Crippen LogP contribution in [0.3, 0.4) is 0 Å².